The summed E-state index contributed by atoms with van der Waals surface area (Å²) in [5.74, 6) is 2.40. The Morgan fingerprint density at radius 1 is 1.28 bits per heavy atom. The molecule has 0 radical (unpaired) electrons. The molecule has 0 saturated heterocycles. The molecule has 0 spiro atoms. The number of nitrogens with zero attached hydrogens (tertiary/aromatic N) is 3. The lowest BCUT2D eigenvalue weighted by molar-refractivity contribution is 0.494. The molecule has 130 valence electrons. The summed E-state index contributed by atoms with van der Waals surface area (Å²) in [6, 6.07) is 10.2. The molecule has 1 aliphatic rings. The molecule has 0 bridgehead atoms. The maximum atomic E-state index is 12.5. The average Bonchev–Trinajstić information content (AvgIpc) is 3.20. The quantitative estimate of drug-likeness (QED) is 0.777. The molecule has 0 saturated carbocycles. The van der Waals surface area contributed by atoms with Crippen LogP contribution in [0.15, 0.2) is 45.7 Å². The number of fused-ring (bicyclic) bond motifs is 1. The van der Waals surface area contributed by atoms with Crippen LogP contribution >= 0.6 is 0 Å². The predicted molar refractivity (Wildman–Crippen MR) is 91.3 cm³/mol. The summed E-state index contributed by atoms with van der Waals surface area (Å²) in [5.41, 5.74) is 0.785. The van der Waals surface area contributed by atoms with Gasteiger partial charge in [-0.3, -0.25) is 0 Å². The van der Waals surface area contributed by atoms with E-state index >= 15 is 0 Å². The van der Waals surface area contributed by atoms with Gasteiger partial charge < -0.3 is 4.42 Å². The number of hydrogen-bond donors (Lipinski definition) is 1. The molecule has 0 fully saturated rings. The second-order valence-corrected chi connectivity index (χ2v) is 7.69. The van der Waals surface area contributed by atoms with E-state index in [1.165, 1.54) is 0 Å². The van der Waals surface area contributed by atoms with Crippen molar-refractivity contribution >= 4 is 10.0 Å². The normalized spacial score (nSPS) is 18.9. The first-order chi connectivity index (χ1) is 12.0. The van der Waals surface area contributed by atoms with Crippen LogP contribution in [0.25, 0.3) is 11.6 Å². The number of benzene rings is 1. The predicted octanol–water partition coefficient (Wildman–Crippen LogP) is 2.44. The molecule has 1 N–H and O–H groups in total. The number of aryl methyl sites for hydroxylation is 2. The van der Waals surface area contributed by atoms with Crippen LogP contribution < -0.4 is 4.72 Å². The van der Waals surface area contributed by atoms with Gasteiger partial charge in [-0.15, -0.1) is 5.10 Å². The monoisotopic (exact) mass is 358 g/mol. The number of nitrogens with one attached hydrogen (secondary N) is 1. The number of rotatable bonds is 3. The van der Waals surface area contributed by atoms with Crippen LogP contribution in [0.2, 0.25) is 0 Å². The molecule has 0 unspecified atom stereocenters. The fourth-order valence-electron chi connectivity index (χ4n) is 3.09. The molecule has 0 aliphatic carbocycles. The smallest absolute Gasteiger partial charge is 0.241 e. The van der Waals surface area contributed by atoms with Gasteiger partial charge in [-0.25, -0.2) is 22.8 Å². The second-order valence-electron chi connectivity index (χ2n) is 6.01. The lowest BCUT2D eigenvalue weighted by Crippen LogP contribution is -2.36. The van der Waals surface area contributed by atoms with E-state index in [4.69, 9.17) is 4.42 Å². The Kier molecular flexibility index (Phi) is 3.73. The molecule has 7 nitrogen and oxygen atoms in total. The highest BCUT2D eigenvalue weighted by molar-refractivity contribution is 7.89. The third-order valence-corrected chi connectivity index (χ3v) is 5.83. The second kappa shape index (κ2) is 5.82. The number of aromatic nitrogens is 3. The van der Waals surface area contributed by atoms with Crippen LogP contribution in [0.1, 0.15) is 30.1 Å². The van der Waals surface area contributed by atoms with Gasteiger partial charge in [0, 0.05) is 6.54 Å². The zero-order valence-corrected chi connectivity index (χ0v) is 14.7. The van der Waals surface area contributed by atoms with Crippen LogP contribution in [0.4, 0.5) is 0 Å². The van der Waals surface area contributed by atoms with Gasteiger partial charge in [-0.1, -0.05) is 18.2 Å². The summed E-state index contributed by atoms with van der Waals surface area (Å²) in [5, 5.41) is 4.47. The van der Waals surface area contributed by atoms with Crippen molar-refractivity contribution in [2.75, 3.05) is 0 Å². The first kappa shape index (κ1) is 16.0. The molecular formula is C17H18N4O3S. The van der Waals surface area contributed by atoms with Crippen LogP contribution in [0, 0.1) is 6.92 Å². The molecule has 25 heavy (non-hydrogen) atoms. The van der Waals surface area contributed by atoms with Crippen LogP contribution in [-0.4, -0.2) is 23.2 Å². The molecule has 4 rings (SSSR count). The Bertz CT molecular complexity index is 1040. The average molecular weight is 358 g/mol. The fourth-order valence-corrected chi connectivity index (χ4v) is 4.54. The van der Waals surface area contributed by atoms with Crippen molar-refractivity contribution < 1.29 is 12.8 Å². The van der Waals surface area contributed by atoms with Crippen molar-refractivity contribution in [3.63, 3.8) is 0 Å². The molecule has 3 heterocycles. The van der Waals surface area contributed by atoms with Crippen molar-refractivity contribution in [2.45, 2.75) is 37.8 Å². The van der Waals surface area contributed by atoms with Gasteiger partial charge in [0.15, 0.2) is 5.76 Å². The van der Waals surface area contributed by atoms with Crippen LogP contribution in [0.3, 0.4) is 0 Å². The van der Waals surface area contributed by atoms with Gasteiger partial charge in [-0.05, 0) is 44.0 Å². The van der Waals surface area contributed by atoms with E-state index in [0.29, 0.717) is 35.3 Å². The van der Waals surface area contributed by atoms with E-state index in [9.17, 15) is 8.42 Å². The fraction of sp³-hybridized carbons (Fsp3) is 0.294. The molecular weight excluding hydrogens is 340 g/mol. The lowest BCUT2D eigenvalue weighted by atomic mass is 10.1. The third kappa shape index (κ3) is 2.77. The molecule has 8 heteroatoms. The van der Waals surface area contributed by atoms with Crippen molar-refractivity contribution in [1.82, 2.24) is 19.5 Å². The zero-order valence-electron chi connectivity index (χ0n) is 13.9. The van der Waals surface area contributed by atoms with Gasteiger partial charge in [0.1, 0.15) is 11.6 Å². The first-order valence-corrected chi connectivity index (χ1v) is 9.58. The van der Waals surface area contributed by atoms with Gasteiger partial charge in [0.05, 0.1) is 10.9 Å². The summed E-state index contributed by atoms with van der Waals surface area (Å²) in [6.45, 7) is 4.38. The van der Waals surface area contributed by atoms with Crippen molar-refractivity contribution in [1.29, 1.82) is 0 Å². The van der Waals surface area contributed by atoms with E-state index in [1.54, 1.807) is 16.8 Å². The molecule has 1 aromatic carbocycles. The maximum absolute atomic E-state index is 12.5. The van der Waals surface area contributed by atoms with E-state index in [1.807, 2.05) is 38.1 Å². The van der Waals surface area contributed by atoms with E-state index in [0.717, 1.165) is 11.3 Å². The summed E-state index contributed by atoms with van der Waals surface area (Å²) < 4.78 is 35.1. The van der Waals surface area contributed by atoms with Crippen molar-refractivity contribution in [3.05, 3.63) is 53.5 Å². The Balaban J connectivity index is 1.77. The summed E-state index contributed by atoms with van der Waals surface area (Å²) in [6.07, 6.45) is 0.532. The standard InChI is InChI=1S/C17H18N4O3S/c1-3-21-17(18-16(19-21)14-9-8-11(2)24-14)13-10-12-6-4-5-7-15(12)25(22,23)20-13/h4-9,13,20H,3,10H2,1-2H3/t13-/m1/s1. The molecule has 1 aliphatic heterocycles. The Labute approximate surface area is 145 Å². The van der Waals surface area contributed by atoms with Crippen molar-refractivity contribution in [3.8, 4) is 11.6 Å². The Morgan fingerprint density at radius 3 is 2.80 bits per heavy atom. The number of furan rings is 1. The van der Waals surface area contributed by atoms with Crippen LogP contribution in [0.5, 0.6) is 0 Å². The number of sulfonamides is 1. The third-order valence-electron chi connectivity index (χ3n) is 4.26. The molecule has 2 aromatic heterocycles. The zero-order chi connectivity index (χ0) is 17.6. The minimum atomic E-state index is -3.57. The van der Waals surface area contributed by atoms with Gasteiger partial charge in [-0.2, -0.15) is 0 Å². The topological polar surface area (TPSA) is 90.0 Å². The number of hydrogen-bond acceptors (Lipinski definition) is 5. The highest BCUT2D eigenvalue weighted by Crippen LogP contribution is 2.30. The van der Waals surface area contributed by atoms with E-state index in [2.05, 4.69) is 14.8 Å². The minimum Gasteiger partial charge on any atom is -0.458 e. The summed E-state index contributed by atoms with van der Waals surface area (Å²) in [7, 11) is -3.57. The summed E-state index contributed by atoms with van der Waals surface area (Å²) >= 11 is 0. The minimum absolute atomic E-state index is 0.329. The summed E-state index contributed by atoms with van der Waals surface area (Å²) in [4.78, 5) is 4.89. The molecule has 3 aromatic rings. The van der Waals surface area contributed by atoms with Crippen LogP contribution in [-0.2, 0) is 23.0 Å². The van der Waals surface area contributed by atoms with Gasteiger partial charge in [0.25, 0.3) is 0 Å². The molecule has 0 amide bonds. The highest BCUT2D eigenvalue weighted by atomic mass is 32.2. The molecule has 1 atom stereocenters. The Hall–Kier alpha value is -2.45. The van der Waals surface area contributed by atoms with E-state index < -0.39 is 16.1 Å². The van der Waals surface area contributed by atoms with Gasteiger partial charge in [0.2, 0.25) is 15.8 Å². The van der Waals surface area contributed by atoms with E-state index in [-0.39, 0.29) is 0 Å². The Morgan fingerprint density at radius 2 is 2.08 bits per heavy atom. The first-order valence-electron chi connectivity index (χ1n) is 8.09. The SMILES string of the molecule is CCn1nc(-c2ccc(C)o2)nc1[C@H]1Cc2ccccc2S(=O)(=O)N1. The lowest BCUT2D eigenvalue weighted by Gasteiger charge is -2.25. The largest absolute Gasteiger partial charge is 0.458 e. The van der Waals surface area contributed by atoms with Crippen molar-refractivity contribution in [2.24, 2.45) is 0 Å². The maximum Gasteiger partial charge on any atom is 0.241 e. The highest BCUT2D eigenvalue weighted by Gasteiger charge is 2.33. The van der Waals surface area contributed by atoms with Gasteiger partial charge >= 0.3 is 0 Å².